The molecule has 2 aromatic carbocycles. The first-order valence-corrected chi connectivity index (χ1v) is 6.16. The second-order valence-electron chi connectivity index (χ2n) is 4.46. The Morgan fingerprint density at radius 3 is 2.65 bits per heavy atom. The van der Waals surface area contributed by atoms with Gasteiger partial charge in [0.15, 0.2) is 0 Å². The van der Waals surface area contributed by atoms with Gasteiger partial charge in [-0.1, -0.05) is 24.3 Å². The van der Waals surface area contributed by atoms with Crippen LogP contribution in [0.1, 0.15) is 5.56 Å². The third-order valence-corrected chi connectivity index (χ3v) is 3.14. The van der Waals surface area contributed by atoms with Crippen molar-refractivity contribution in [1.29, 1.82) is 0 Å². The first-order valence-electron chi connectivity index (χ1n) is 6.16. The van der Waals surface area contributed by atoms with Crippen molar-refractivity contribution in [2.45, 2.75) is 0 Å². The largest absolute Gasteiger partial charge is 0.508 e. The van der Waals surface area contributed by atoms with Gasteiger partial charge in [-0.2, -0.15) is 0 Å². The van der Waals surface area contributed by atoms with E-state index in [1.807, 2.05) is 12.1 Å². The molecule has 0 radical (unpaired) electrons. The molecule has 0 fully saturated rings. The number of aromatic hydroxyl groups is 1. The van der Waals surface area contributed by atoms with Crippen LogP contribution in [-0.2, 0) is 0 Å². The molecule has 1 heterocycles. The molecule has 0 aliphatic carbocycles. The van der Waals surface area contributed by atoms with Crippen molar-refractivity contribution in [2.75, 3.05) is 6.61 Å². The quantitative estimate of drug-likeness (QED) is 0.553. The maximum absolute atomic E-state index is 12.0. The number of hydrogen-bond acceptors (Lipinski definition) is 4. The van der Waals surface area contributed by atoms with Gasteiger partial charge in [-0.25, -0.2) is 4.79 Å². The highest BCUT2D eigenvalue weighted by Crippen LogP contribution is 2.26. The van der Waals surface area contributed by atoms with Gasteiger partial charge in [0.1, 0.15) is 11.3 Å². The molecule has 0 unspecified atom stereocenters. The summed E-state index contributed by atoms with van der Waals surface area (Å²) >= 11 is 0. The fourth-order valence-electron chi connectivity index (χ4n) is 2.23. The SMILES string of the molecule is O=c1oc2cc(O)ccc2c2ccc(/C=C/CO)cc12. The average molecular weight is 268 g/mol. The Kier molecular flexibility index (Phi) is 3.00. The van der Waals surface area contributed by atoms with Crippen LogP contribution in [0, 0.1) is 0 Å². The highest BCUT2D eigenvalue weighted by Gasteiger charge is 2.08. The van der Waals surface area contributed by atoms with Gasteiger partial charge in [0, 0.05) is 11.5 Å². The summed E-state index contributed by atoms with van der Waals surface area (Å²) in [5, 5.41) is 20.2. The molecule has 0 saturated heterocycles. The molecule has 0 spiro atoms. The highest BCUT2D eigenvalue weighted by molar-refractivity contribution is 6.05. The second-order valence-corrected chi connectivity index (χ2v) is 4.46. The van der Waals surface area contributed by atoms with Crippen molar-refractivity contribution in [3.05, 3.63) is 58.5 Å². The number of rotatable bonds is 2. The van der Waals surface area contributed by atoms with E-state index in [0.29, 0.717) is 11.0 Å². The van der Waals surface area contributed by atoms with Gasteiger partial charge in [0.25, 0.3) is 0 Å². The van der Waals surface area contributed by atoms with Gasteiger partial charge < -0.3 is 14.6 Å². The molecule has 0 amide bonds. The Hall–Kier alpha value is -2.59. The van der Waals surface area contributed by atoms with E-state index in [-0.39, 0.29) is 12.4 Å². The van der Waals surface area contributed by atoms with Crippen molar-refractivity contribution in [2.24, 2.45) is 0 Å². The summed E-state index contributed by atoms with van der Waals surface area (Å²) in [6.45, 7) is -0.0519. The standard InChI is InChI=1S/C16H12O4/c17-7-1-2-10-3-5-12-13-6-4-11(18)9-15(13)20-16(19)14(12)8-10/h1-6,8-9,17-18H,7H2/b2-1+. The lowest BCUT2D eigenvalue weighted by atomic mass is 10.0. The Bertz CT molecular complexity index is 875. The molecular weight excluding hydrogens is 256 g/mol. The van der Waals surface area contributed by atoms with E-state index in [1.54, 1.807) is 30.4 Å². The minimum atomic E-state index is -0.447. The number of aliphatic hydroxyl groups is 1. The first kappa shape index (κ1) is 12.4. The summed E-state index contributed by atoms with van der Waals surface area (Å²) < 4.78 is 5.23. The van der Waals surface area contributed by atoms with Crippen LogP contribution in [-0.4, -0.2) is 16.8 Å². The molecule has 0 aliphatic rings. The van der Waals surface area contributed by atoms with Crippen molar-refractivity contribution in [3.8, 4) is 5.75 Å². The maximum Gasteiger partial charge on any atom is 0.344 e. The van der Waals surface area contributed by atoms with Crippen LogP contribution in [0.25, 0.3) is 27.8 Å². The smallest absolute Gasteiger partial charge is 0.344 e. The third kappa shape index (κ3) is 2.06. The zero-order valence-electron chi connectivity index (χ0n) is 10.5. The van der Waals surface area contributed by atoms with E-state index in [2.05, 4.69) is 0 Å². The van der Waals surface area contributed by atoms with Crippen LogP contribution in [0.2, 0.25) is 0 Å². The Labute approximate surface area is 114 Å². The zero-order chi connectivity index (χ0) is 14.1. The van der Waals surface area contributed by atoms with Crippen molar-refractivity contribution in [3.63, 3.8) is 0 Å². The molecular formula is C16H12O4. The van der Waals surface area contributed by atoms with Gasteiger partial charge in [0.05, 0.1) is 12.0 Å². The Morgan fingerprint density at radius 2 is 1.85 bits per heavy atom. The highest BCUT2D eigenvalue weighted by atomic mass is 16.4. The molecule has 0 bridgehead atoms. The van der Waals surface area contributed by atoms with E-state index in [1.165, 1.54) is 6.07 Å². The first-order chi connectivity index (χ1) is 9.69. The number of hydrogen-bond donors (Lipinski definition) is 2. The van der Waals surface area contributed by atoms with E-state index in [4.69, 9.17) is 9.52 Å². The average Bonchev–Trinajstić information content (AvgIpc) is 2.45. The number of phenolic OH excluding ortho intramolecular Hbond substituents is 1. The summed E-state index contributed by atoms with van der Waals surface area (Å²) in [4.78, 5) is 12.0. The molecule has 3 rings (SSSR count). The molecule has 4 heteroatoms. The number of benzene rings is 2. The van der Waals surface area contributed by atoms with Crippen LogP contribution >= 0.6 is 0 Å². The maximum atomic E-state index is 12.0. The number of aliphatic hydroxyl groups excluding tert-OH is 1. The molecule has 100 valence electrons. The van der Waals surface area contributed by atoms with Gasteiger partial charge >= 0.3 is 5.63 Å². The van der Waals surface area contributed by atoms with Crippen LogP contribution in [0.15, 0.2) is 51.7 Å². The van der Waals surface area contributed by atoms with E-state index in [0.717, 1.165) is 16.3 Å². The summed E-state index contributed by atoms with van der Waals surface area (Å²) in [6, 6.07) is 10.1. The van der Waals surface area contributed by atoms with Crippen LogP contribution in [0.4, 0.5) is 0 Å². The number of phenols is 1. The van der Waals surface area contributed by atoms with Gasteiger partial charge in [0.2, 0.25) is 0 Å². The van der Waals surface area contributed by atoms with Crippen molar-refractivity contribution >= 4 is 27.8 Å². The summed E-state index contributed by atoms with van der Waals surface area (Å²) in [6.07, 6.45) is 3.34. The van der Waals surface area contributed by atoms with E-state index in [9.17, 15) is 9.90 Å². The molecule has 3 aromatic rings. The lowest BCUT2D eigenvalue weighted by Gasteiger charge is -2.04. The van der Waals surface area contributed by atoms with Gasteiger partial charge in [-0.3, -0.25) is 0 Å². The summed E-state index contributed by atoms with van der Waals surface area (Å²) in [5.41, 5.74) is 0.732. The predicted molar refractivity (Wildman–Crippen MR) is 77.8 cm³/mol. The normalized spacial score (nSPS) is 11.7. The lowest BCUT2D eigenvalue weighted by Crippen LogP contribution is -2.00. The molecule has 1 aromatic heterocycles. The van der Waals surface area contributed by atoms with Gasteiger partial charge in [-0.15, -0.1) is 0 Å². The Morgan fingerprint density at radius 1 is 1.05 bits per heavy atom. The molecule has 0 saturated carbocycles. The molecule has 4 nitrogen and oxygen atoms in total. The second kappa shape index (κ2) is 4.83. The fourth-order valence-corrected chi connectivity index (χ4v) is 2.23. The number of fused-ring (bicyclic) bond motifs is 3. The summed E-state index contributed by atoms with van der Waals surface area (Å²) in [5.74, 6) is 0.0579. The predicted octanol–water partition coefficient (Wildman–Crippen LogP) is 2.66. The fraction of sp³-hybridized carbons (Fsp3) is 0.0625. The van der Waals surface area contributed by atoms with E-state index < -0.39 is 5.63 Å². The zero-order valence-corrected chi connectivity index (χ0v) is 10.5. The van der Waals surface area contributed by atoms with Crippen molar-refractivity contribution < 1.29 is 14.6 Å². The molecule has 0 aliphatic heterocycles. The topological polar surface area (TPSA) is 70.7 Å². The summed E-state index contributed by atoms with van der Waals surface area (Å²) in [7, 11) is 0. The third-order valence-electron chi connectivity index (χ3n) is 3.14. The van der Waals surface area contributed by atoms with E-state index >= 15 is 0 Å². The van der Waals surface area contributed by atoms with Crippen LogP contribution < -0.4 is 5.63 Å². The Balaban J connectivity index is 2.34. The minimum absolute atomic E-state index is 0.0519. The van der Waals surface area contributed by atoms with Gasteiger partial charge in [-0.05, 0) is 29.1 Å². The monoisotopic (exact) mass is 268 g/mol. The van der Waals surface area contributed by atoms with Crippen molar-refractivity contribution in [1.82, 2.24) is 0 Å². The van der Waals surface area contributed by atoms with Crippen LogP contribution in [0.3, 0.4) is 0 Å². The molecule has 2 N–H and O–H groups in total. The molecule has 20 heavy (non-hydrogen) atoms. The minimum Gasteiger partial charge on any atom is -0.508 e. The lowest BCUT2D eigenvalue weighted by molar-refractivity contribution is 0.343. The molecule has 0 atom stereocenters. The van der Waals surface area contributed by atoms with Crippen LogP contribution in [0.5, 0.6) is 5.75 Å².